The molecule has 4 heteroatoms. The monoisotopic (exact) mass is 266 g/mol. The van der Waals surface area contributed by atoms with E-state index >= 15 is 0 Å². The number of H-pyrrole nitrogens is 1. The predicted octanol–water partition coefficient (Wildman–Crippen LogP) is 3.54. The summed E-state index contributed by atoms with van der Waals surface area (Å²) in [5.41, 5.74) is 5.28. The lowest BCUT2D eigenvalue weighted by Gasteiger charge is -1.98. The zero-order chi connectivity index (χ0) is 14.3. The number of carbonyl (C=O) groups is 1. The van der Waals surface area contributed by atoms with Crippen molar-refractivity contribution in [3.05, 3.63) is 53.1 Å². The second-order valence-corrected chi connectivity index (χ2v) is 4.92. The minimum absolute atomic E-state index is 0.260. The first-order chi connectivity index (χ1) is 9.54. The molecule has 0 fully saturated rings. The predicted molar refractivity (Wildman–Crippen MR) is 78.0 cm³/mol. The third kappa shape index (κ3) is 2.05. The van der Waals surface area contributed by atoms with Gasteiger partial charge < -0.3 is 10.1 Å². The molecule has 0 saturated carbocycles. The van der Waals surface area contributed by atoms with Crippen LogP contribution in [-0.4, -0.2) is 21.0 Å². The Labute approximate surface area is 116 Å². The number of imidazole rings is 1. The SMILES string of the molecule is Cc1cc2nc(-c3cccc(C(=O)O)c3)[nH]c2cc1C. The Bertz CT molecular complexity index is 779. The van der Waals surface area contributed by atoms with E-state index in [4.69, 9.17) is 5.11 Å². The molecule has 0 amide bonds. The Balaban J connectivity index is 2.15. The fourth-order valence-electron chi connectivity index (χ4n) is 2.21. The minimum atomic E-state index is -0.936. The van der Waals surface area contributed by atoms with E-state index in [0.717, 1.165) is 16.6 Å². The number of aryl methyl sites for hydroxylation is 2. The van der Waals surface area contributed by atoms with E-state index < -0.39 is 5.97 Å². The van der Waals surface area contributed by atoms with Gasteiger partial charge in [0.15, 0.2) is 0 Å². The lowest BCUT2D eigenvalue weighted by molar-refractivity contribution is 0.0697. The maximum atomic E-state index is 11.0. The Kier molecular flexibility index (Phi) is 2.79. The van der Waals surface area contributed by atoms with Crippen molar-refractivity contribution in [2.45, 2.75) is 13.8 Å². The van der Waals surface area contributed by atoms with Crippen LogP contribution in [0.2, 0.25) is 0 Å². The number of aromatic nitrogens is 2. The van der Waals surface area contributed by atoms with E-state index in [2.05, 4.69) is 23.0 Å². The Morgan fingerprint density at radius 2 is 1.90 bits per heavy atom. The van der Waals surface area contributed by atoms with Crippen molar-refractivity contribution in [3.8, 4) is 11.4 Å². The normalized spacial score (nSPS) is 10.9. The van der Waals surface area contributed by atoms with Crippen LogP contribution in [0.1, 0.15) is 21.5 Å². The maximum Gasteiger partial charge on any atom is 0.335 e. The first-order valence-electron chi connectivity index (χ1n) is 6.35. The second-order valence-electron chi connectivity index (χ2n) is 4.92. The van der Waals surface area contributed by atoms with Gasteiger partial charge in [-0.1, -0.05) is 12.1 Å². The van der Waals surface area contributed by atoms with Crippen LogP contribution in [0, 0.1) is 13.8 Å². The molecule has 1 aromatic heterocycles. The topological polar surface area (TPSA) is 66.0 Å². The second kappa shape index (κ2) is 4.49. The summed E-state index contributed by atoms with van der Waals surface area (Å²) in [6.07, 6.45) is 0. The number of carboxylic acid groups (broad SMARTS) is 1. The van der Waals surface area contributed by atoms with Crippen LogP contribution in [0.4, 0.5) is 0 Å². The highest BCUT2D eigenvalue weighted by molar-refractivity contribution is 5.89. The number of benzene rings is 2. The van der Waals surface area contributed by atoms with Gasteiger partial charge in [0.05, 0.1) is 16.6 Å². The Morgan fingerprint density at radius 3 is 2.65 bits per heavy atom. The standard InChI is InChI=1S/C16H14N2O2/c1-9-6-13-14(7-10(9)2)18-15(17-13)11-4-3-5-12(8-11)16(19)20/h3-8H,1-2H3,(H,17,18)(H,19,20). The molecule has 20 heavy (non-hydrogen) atoms. The van der Waals surface area contributed by atoms with Crippen LogP contribution in [0.15, 0.2) is 36.4 Å². The number of nitrogens with zero attached hydrogens (tertiary/aromatic N) is 1. The lowest BCUT2D eigenvalue weighted by atomic mass is 10.1. The summed E-state index contributed by atoms with van der Waals surface area (Å²) >= 11 is 0. The average molecular weight is 266 g/mol. The van der Waals surface area contributed by atoms with Gasteiger partial charge in [0.1, 0.15) is 5.82 Å². The van der Waals surface area contributed by atoms with E-state index in [9.17, 15) is 4.79 Å². The van der Waals surface area contributed by atoms with Crippen molar-refractivity contribution in [2.24, 2.45) is 0 Å². The maximum absolute atomic E-state index is 11.0. The smallest absolute Gasteiger partial charge is 0.335 e. The molecule has 0 radical (unpaired) electrons. The zero-order valence-electron chi connectivity index (χ0n) is 11.3. The van der Waals surface area contributed by atoms with Gasteiger partial charge >= 0.3 is 5.97 Å². The molecule has 0 spiro atoms. The molecule has 0 aliphatic heterocycles. The fraction of sp³-hybridized carbons (Fsp3) is 0.125. The molecule has 3 rings (SSSR count). The van der Waals surface area contributed by atoms with Gasteiger partial charge in [-0.25, -0.2) is 9.78 Å². The van der Waals surface area contributed by atoms with Gasteiger partial charge in [-0.3, -0.25) is 0 Å². The molecule has 0 aliphatic carbocycles. The number of rotatable bonds is 2. The van der Waals surface area contributed by atoms with E-state index in [1.54, 1.807) is 18.2 Å². The van der Waals surface area contributed by atoms with Crippen molar-refractivity contribution in [2.75, 3.05) is 0 Å². The highest BCUT2D eigenvalue weighted by atomic mass is 16.4. The number of carboxylic acids is 1. The molecule has 0 bridgehead atoms. The van der Waals surface area contributed by atoms with Crippen molar-refractivity contribution >= 4 is 17.0 Å². The number of hydrogen-bond acceptors (Lipinski definition) is 2. The van der Waals surface area contributed by atoms with Crippen molar-refractivity contribution < 1.29 is 9.90 Å². The fourth-order valence-corrected chi connectivity index (χ4v) is 2.21. The van der Waals surface area contributed by atoms with E-state index in [1.165, 1.54) is 11.1 Å². The zero-order valence-corrected chi connectivity index (χ0v) is 11.3. The lowest BCUT2D eigenvalue weighted by Crippen LogP contribution is -1.95. The molecule has 3 aromatic rings. The van der Waals surface area contributed by atoms with E-state index in [0.29, 0.717) is 5.82 Å². The molecule has 2 aromatic carbocycles. The van der Waals surface area contributed by atoms with Gasteiger partial charge in [-0.2, -0.15) is 0 Å². The van der Waals surface area contributed by atoms with Gasteiger partial charge in [-0.05, 0) is 49.2 Å². The minimum Gasteiger partial charge on any atom is -0.478 e. The molecule has 0 saturated heterocycles. The molecule has 100 valence electrons. The molecule has 4 nitrogen and oxygen atoms in total. The molecular weight excluding hydrogens is 252 g/mol. The number of aromatic amines is 1. The molecule has 1 heterocycles. The third-order valence-corrected chi connectivity index (χ3v) is 3.48. The van der Waals surface area contributed by atoms with Gasteiger partial charge in [0.2, 0.25) is 0 Å². The average Bonchev–Trinajstić information content (AvgIpc) is 2.82. The largest absolute Gasteiger partial charge is 0.478 e. The summed E-state index contributed by atoms with van der Waals surface area (Å²) in [4.78, 5) is 18.8. The van der Waals surface area contributed by atoms with E-state index in [-0.39, 0.29) is 5.56 Å². The first kappa shape index (κ1) is 12.4. The summed E-state index contributed by atoms with van der Waals surface area (Å²) in [7, 11) is 0. The van der Waals surface area contributed by atoms with Crippen LogP contribution < -0.4 is 0 Å². The molecule has 0 unspecified atom stereocenters. The van der Waals surface area contributed by atoms with Crippen LogP contribution in [0.25, 0.3) is 22.4 Å². The summed E-state index contributed by atoms with van der Waals surface area (Å²) < 4.78 is 0. The van der Waals surface area contributed by atoms with Gasteiger partial charge in [0.25, 0.3) is 0 Å². The highest BCUT2D eigenvalue weighted by Crippen LogP contribution is 2.23. The number of hydrogen-bond donors (Lipinski definition) is 2. The van der Waals surface area contributed by atoms with Crippen LogP contribution >= 0.6 is 0 Å². The highest BCUT2D eigenvalue weighted by Gasteiger charge is 2.09. The van der Waals surface area contributed by atoms with Crippen LogP contribution in [-0.2, 0) is 0 Å². The number of aromatic carboxylic acids is 1. The molecule has 2 N–H and O–H groups in total. The van der Waals surface area contributed by atoms with E-state index in [1.807, 2.05) is 19.1 Å². The van der Waals surface area contributed by atoms with Crippen LogP contribution in [0.5, 0.6) is 0 Å². The summed E-state index contributed by atoms with van der Waals surface area (Å²) in [5, 5.41) is 9.04. The molecular formula is C16H14N2O2. The van der Waals surface area contributed by atoms with Gasteiger partial charge in [-0.15, -0.1) is 0 Å². The molecule has 0 aliphatic rings. The summed E-state index contributed by atoms with van der Waals surface area (Å²) in [6.45, 7) is 4.11. The Hall–Kier alpha value is -2.62. The number of fused-ring (bicyclic) bond motifs is 1. The Morgan fingerprint density at radius 1 is 1.15 bits per heavy atom. The van der Waals surface area contributed by atoms with Crippen LogP contribution in [0.3, 0.4) is 0 Å². The summed E-state index contributed by atoms with van der Waals surface area (Å²) in [6, 6.07) is 10.9. The summed E-state index contributed by atoms with van der Waals surface area (Å²) in [5.74, 6) is -0.247. The third-order valence-electron chi connectivity index (χ3n) is 3.48. The first-order valence-corrected chi connectivity index (χ1v) is 6.35. The van der Waals surface area contributed by atoms with Crippen molar-refractivity contribution in [1.82, 2.24) is 9.97 Å². The quantitative estimate of drug-likeness (QED) is 0.745. The van der Waals surface area contributed by atoms with Gasteiger partial charge in [0, 0.05) is 5.56 Å². The van der Waals surface area contributed by atoms with Crippen molar-refractivity contribution in [3.63, 3.8) is 0 Å². The number of nitrogens with one attached hydrogen (secondary N) is 1. The van der Waals surface area contributed by atoms with Crippen molar-refractivity contribution in [1.29, 1.82) is 0 Å². The molecule has 0 atom stereocenters.